The molecule has 1 aliphatic rings. The molecule has 1 aromatic carbocycles. The van der Waals surface area contributed by atoms with Crippen LogP contribution in [0.2, 0.25) is 0 Å². The number of amides is 1. The number of aryl methyl sites for hydroxylation is 1. The van der Waals surface area contributed by atoms with Gasteiger partial charge < -0.3 is 14.8 Å². The highest BCUT2D eigenvalue weighted by Gasteiger charge is 2.27. The summed E-state index contributed by atoms with van der Waals surface area (Å²) in [6.45, 7) is 0. The van der Waals surface area contributed by atoms with Crippen molar-refractivity contribution in [2.45, 2.75) is 25.7 Å². The molecule has 1 amide bonds. The molecule has 0 spiro atoms. The van der Waals surface area contributed by atoms with Crippen LogP contribution in [0.1, 0.15) is 44.0 Å². The molecule has 0 unspecified atom stereocenters. The molecule has 29 heavy (non-hydrogen) atoms. The van der Waals surface area contributed by atoms with Crippen molar-refractivity contribution >= 4 is 28.2 Å². The SMILES string of the molecule is COC(=O)c1c(NC(=O)c2cccc(Oc3ccccn3)c2)sc2c1CCCC2. The maximum absolute atomic E-state index is 12.9. The Kier molecular flexibility index (Phi) is 5.57. The first-order valence-corrected chi connectivity index (χ1v) is 10.2. The lowest BCUT2D eigenvalue weighted by molar-refractivity contribution is 0.0601. The second kappa shape index (κ2) is 8.45. The lowest BCUT2D eigenvalue weighted by Gasteiger charge is -2.12. The van der Waals surface area contributed by atoms with Crippen molar-refractivity contribution in [2.24, 2.45) is 0 Å². The van der Waals surface area contributed by atoms with Crippen molar-refractivity contribution in [2.75, 3.05) is 12.4 Å². The number of methoxy groups -OCH3 is 1. The predicted molar refractivity (Wildman–Crippen MR) is 111 cm³/mol. The summed E-state index contributed by atoms with van der Waals surface area (Å²) in [6, 6.07) is 12.2. The summed E-state index contributed by atoms with van der Waals surface area (Å²) in [5.74, 6) is 0.242. The number of nitrogens with zero attached hydrogens (tertiary/aromatic N) is 1. The summed E-state index contributed by atoms with van der Waals surface area (Å²) >= 11 is 1.46. The van der Waals surface area contributed by atoms with E-state index in [0.29, 0.717) is 27.8 Å². The molecule has 3 aromatic rings. The van der Waals surface area contributed by atoms with Gasteiger partial charge in [-0.2, -0.15) is 0 Å². The summed E-state index contributed by atoms with van der Waals surface area (Å²) in [5, 5.41) is 3.44. The average molecular weight is 408 g/mol. The summed E-state index contributed by atoms with van der Waals surface area (Å²) in [7, 11) is 1.36. The van der Waals surface area contributed by atoms with E-state index in [9.17, 15) is 9.59 Å². The van der Waals surface area contributed by atoms with Crippen LogP contribution in [0, 0.1) is 0 Å². The van der Waals surface area contributed by atoms with E-state index in [4.69, 9.17) is 9.47 Å². The first-order valence-electron chi connectivity index (χ1n) is 9.39. The minimum atomic E-state index is -0.410. The zero-order valence-electron chi connectivity index (χ0n) is 15.9. The van der Waals surface area contributed by atoms with Crippen LogP contribution in [0.5, 0.6) is 11.6 Å². The third-order valence-electron chi connectivity index (χ3n) is 4.74. The molecular weight excluding hydrogens is 388 g/mol. The highest BCUT2D eigenvalue weighted by atomic mass is 32.1. The van der Waals surface area contributed by atoms with Gasteiger partial charge in [0.1, 0.15) is 10.8 Å². The Morgan fingerprint density at radius 3 is 2.76 bits per heavy atom. The molecular formula is C22H20N2O4S. The molecule has 0 atom stereocenters. The lowest BCUT2D eigenvalue weighted by Crippen LogP contribution is -2.15. The predicted octanol–water partition coefficient (Wildman–Crippen LogP) is 4.85. The number of ether oxygens (including phenoxy) is 2. The minimum Gasteiger partial charge on any atom is -0.465 e. The zero-order valence-corrected chi connectivity index (χ0v) is 16.8. The number of thiophene rings is 1. The van der Waals surface area contributed by atoms with Crippen molar-refractivity contribution in [3.05, 3.63) is 70.2 Å². The molecule has 0 aliphatic heterocycles. The van der Waals surface area contributed by atoms with Crippen LogP contribution in [0.25, 0.3) is 0 Å². The van der Waals surface area contributed by atoms with Gasteiger partial charge in [-0.1, -0.05) is 12.1 Å². The number of benzene rings is 1. The van der Waals surface area contributed by atoms with Crippen LogP contribution in [-0.4, -0.2) is 24.0 Å². The third-order valence-corrected chi connectivity index (χ3v) is 5.95. The number of hydrogen-bond acceptors (Lipinski definition) is 6. The second-order valence-corrected chi connectivity index (χ2v) is 7.76. The topological polar surface area (TPSA) is 77.5 Å². The molecule has 7 heteroatoms. The van der Waals surface area contributed by atoms with Crippen molar-refractivity contribution in [1.29, 1.82) is 0 Å². The van der Waals surface area contributed by atoms with Crippen molar-refractivity contribution < 1.29 is 19.1 Å². The zero-order chi connectivity index (χ0) is 20.2. The van der Waals surface area contributed by atoms with Crippen LogP contribution in [-0.2, 0) is 17.6 Å². The lowest BCUT2D eigenvalue weighted by atomic mass is 9.95. The normalized spacial score (nSPS) is 12.7. The monoisotopic (exact) mass is 408 g/mol. The fourth-order valence-electron chi connectivity index (χ4n) is 3.38. The number of carbonyl (C=O) groups is 2. The third kappa shape index (κ3) is 4.14. The Morgan fingerprint density at radius 1 is 1.10 bits per heavy atom. The molecule has 1 N–H and O–H groups in total. The average Bonchev–Trinajstić information content (AvgIpc) is 3.12. The highest BCUT2D eigenvalue weighted by molar-refractivity contribution is 7.17. The second-order valence-electron chi connectivity index (χ2n) is 6.66. The van der Waals surface area contributed by atoms with E-state index in [2.05, 4.69) is 10.3 Å². The molecule has 0 radical (unpaired) electrons. The van der Waals surface area contributed by atoms with E-state index in [1.165, 1.54) is 18.4 Å². The molecule has 2 aromatic heterocycles. The van der Waals surface area contributed by atoms with Gasteiger partial charge in [-0.25, -0.2) is 9.78 Å². The molecule has 6 nitrogen and oxygen atoms in total. The summed E-state index contributed by atoms with van der Waals surface area (Å²) in [6.07, 6.45) is 5.52. The molecule has 0 saturated heterocycles. The van der Waals surface area contributed by atoms with Gasteiger partial charge in [-0.3, -0.25) is 4.79 Å². The van der Waals surface area contributed by atoms with Crippen molar-refractivity contribution in [3.63, 3.8) is 0 Å². The molecule has 0 saturated carbocycles. The smallest absolute Gasteiger partial charge is 0.341 e. The Labute approximate surface area is 172 Å². The number of pyridine rings is 1. The van der Waals surface area contributed by atoms with Gasteiger partial charge in [0, 0.05) is 22.7 Å². The molecule has 4 rings (SSSR count). The van der Waals surface area contributed by atoms with Crippen LogP contribution in [0.4, 0.5) is 5.00 Å². The number of aromatic nitrogens is 1. The van der Waals surface area contributed by atoms with Gasteiger partial charge >= 0.3 is 5.97 Å². The number of esters is 1. The van der Waals surface area contributed by atoms with Crippen molar-refractivity contribution in [3.8, 4) is 11.6 Å². The largest absolute Gasteiger partial charge is 0.465 e. The Bertz CT molecular complexity index is 1050. The molecule has 1 aliphatic carbocycles. The maximum Gasteiger partial charge on any atom is 0.341 e. The number of fused-ring (bicyclic) bond motifs is 1. The van der Waals surface area contributed by atoms with E-state index in [-0.39, 0.29) is 5.91 Å². The number of rotatable bonds is 5. The fraction of sp³-hybridized carbons (Fsp3) is 0.227. The van der Waals surface area contributed by atoms with Crippen LogP contribution in [0.15, 0.2) is 48.7 Å². The van der Waals surface area contributed by atoms with E-state index in [1.807, 2.05) is 6.07 Å². The van der Waals surface area contributed by atoms with Gasteiger partial charge in [0.2, 0.25) is 5.88 Å². The summed E-state index contributed by atoms with van der Waals surface area (Å²) in [4.78, 5) is 30.5. The molecule has 2 heterocycles. The maximum atomic E-state index is 12.9. The molecule has 0 bridgehead atoms. The molecule has 0 fully saturated rings. The number of nitrogens with one attached hydrogen (secondary N) is 1. The van der Waals surface area contributed by atoms with E-state index in [0.717, 1.165) is 36.1 Å². The standard InChI is InChI=1S/C22H20N2O4S/c1-27-22(26)19-16-9-2-3-10-17(16)29-21(19)24-20(25)14-7-6-8-15(13-14)28-18-11-4-5-12-23-18/h4-8,11-13H,2-3,9-10H2,1H3,(H,24,25). The summed E-state index contributed by atoms with van der Waals surface area (Å²) in [5.41, 5.74) is 1.93. The number of hydrogen-bond donors (Lipinski definition) is 1. The Morgan fingerprint density at radius 2 is 1.97 bits per heavy atom. The highest BCUT2D eigenvalue weighted by Crippen LogP contribution is 2.38. The number of carbonyl (C=O) groups excluding carboxylic acids is 2. The van der Waals surface area contributed by atoms with Crippen molar-refractivity contribution in [1.82, 2.24) is 4.98 Å². The van der Waals surface area contributed by atoms with Gasteiger partial charge in [0.05, 0.1) is 12.7 Å². The van der Waals surface area contributed by atoms with Gasteiger partial charge in [0.15, 0.2) is 0 Å². The Balaban J connectivity index is 1.58. The molecule has 148 valence electrons. The summed E-state index contributed by atoms with van der Waals surface area (Å²) < 4.78 is 10.7. The fourth-order valence-corrected chi connectivity index (χ4v) is 4.65. The van der Waals surface area contributed by atoms with Crippen LogP contribution >= 0.6 is 11.3 Å². The quantitative estimate of drug-likeness (QED) is 0.611. The number of anilines is 1. The first kappa shape index (κ1) is 19.1. The van der Waals surface area contributed by atoms with Gasteiger partial charge in [-0.15, -0.1) is 11.3 Å². The van der Waals surface area contributed by atoms with Crippen LogP contribution < -0.4 is 10.1 Å². The van der Waals surface area contributed by atoms with Crippen LogP contribution in [0.3, 0.4) is 0 Å². The Hall–Kier alpha value is -3.19. The first-order chi connectivity index (χ1) is 14.2. The van der Waals surface area contributed by atoms with Gasteiger partial charge in [-0.05, 0) is 55.5 Å². The van der Waals surface area contributed by atoms with E-state index < -0.39 is 5.97 Å². The minimum absolute atomic E-state index is 0.305. The van der Waals surface area contributed by atoms with E-state index in [1.54, 1.807) is 42.6 Å². The van der Waals surface area contributed by atoms with Gasteiger partial charge in [0.25, 0.3) is 5.91 Å². The van der Waals surface area contributed by atoms with E-state index >= 15 is 0 Å².